The van der Waals surface area contributed by atoms with E-state index in [1.807, 2.05) is 19.9 Å². The van der Waals surface area contributed by atoms with Crippen molar-refractivity contribution < 1.29 is 13.2 Å². The van der Waals surface area contributed by atoms with Crippen LogP contribution in [0.4, 0.5) is 0 Å². The van der Waals surface area contributed by atoms with Crippen molar-refractivity contribution in [3.05, 3.63) is 23.3 Å². The molecule has 0 amide bonds. The summed E-state index contributed by atoms with van der Waals surface area (Å²) in [5.41, 5.74) is 1.98. The molecule has 0 unspecified atom stereocenters. The summed E-state index contributed by atoms with van der Waals surface area (Å²) in [6, 6.07) is 3.45. The Bertz CT molecular complexity index is 474. The van der Waals surface area contributed by atoms with E-state index in [0.717, 1.165) is 11.1 Å². The van der Waals surface area contributed by atoms with Crippen molar-refractivity contribution in [3.8, 4) is 5.75 Å². The summed E-state index contributed by atoms with van der Waals surface area (Å²) in [6.07, 6.45) is 0. The van der Waals surface area contributed by atoms with E-state index in [1.54, 1.807) is 6.07 Å². The predicted octanol–water partition coefficient (Wildman–Crippen LogP) is 1.47. The quantitative estimate of drug-likeness (QED) is 0.654. The van der Waals surface area contributed by atoms with Crippen LogP contribution in [0.3, 0.4) is 0 Å². The molecule has 1 heterocycles. The zero-order chi connectivity index (χ0) is 10.3. The number of aryl methyl sites for hydroxylation is 1. The van der Waals surface area contributed by atoms with E-state index in [9.17, 15) is 8.42 Å². The Labute approximate surface area is 83.6 Å². The molecule has 4 heteroatoms. The molecule has 0 bridgehead atoms. The maximum atomic E-state index is 11.7. The third-order valence-corrected chi connectivity index (χ3v) is 4.27. The first kappa shape index (κ1) is 9.52. The minimum Gasteiger partial charge on any atom is -0.491 e. The Morgan fingerprint density at radius 1 is 1.29 bits per heavy atom. The van der Waals surface area contributed by atoms with Gasteiger partial charge in [0.25, 0.3) is 0 Å². The minimum atomic E-state index is -3.11. The third-order valence-electron chi connectivity index (χ3n) is 2.57. The maximum absolute atomic E-state index is 11.7. The highest BCUT2D eigenvalue weighted by molar-refractivity contribution is 7.91. The van der Waals surface area contributed by atoms with E-state index in [0.29, 0.717) is 10.6 Å². The van der Waals surface area contributed by atoms with Crippen LogP contribution in [0.2, 0.25) is 0 Å². The third kappa shape index (κ3) is 1.30. The van der Waals surface area contributed by atoms with Gasteiger partial charge in [-0.25, -0.2) is 8.42 Å². The monoisotopic (exact) mass is 212 g/mol. The van der Waals surface area contributed by atoms with E-state index in [-0.39, 0.29) is 12.4 Å². The van der Waals surface area contributed by atoms with E-state index in [2.05, 4.69) is 0 Å². The molecule has 0 atom stereocenters. The second-order valence-electron chi connectivity index (χ2n) is 3.50. The van der Waals surface area contributed by atoms with E-state index in [1.165, 1.54) is 0 Å². The SMILES string of the molecule is Cc1ccc2c(c1C)OCCS2(=O)=O. The van der Waals surface area contributed by atoms with Gasteiger partial charge in [0.05, 0.1) is 5.75 Å². The van der Waals surface area contributed by atoms with Crippen molar-refractivity contribution in [2.75, 3.05) is 12.4 Å². The lowest BCUT2D eigenvalue weighted by molar-refractivity contribution is 0.320. The van der Waals surface area contributed by atoms with Gasteiger partial charge in [0.2, 0.25) is 0 Å². The molecule has 1 aromatic carbocycles. The van der Waals surface area contributed by atoms with Crippen molar-refractivity contribution in [2.45, 2.75) is 18.7 Å². The molecule has 0 fully saturated rings. The fraction of sp³-hybridized carbons (Fsp3) is 0.400. The number of benzene rings is 1. The molecule has 76 valence electrons. The zero-order valence-electron chi connectivity index (χ0n) is 8.20. The smallest absolute Gasteiger partial charge is 0.185 e. The number of sulfone groups is 1. The maximum Gasteiger partial charge on any atom is 0.185 e. The second-order valence-corrected chi connectivity index (χ2v) is 5.58. The molecule has 3 nitrogen and oxygen atoms in total. The first-order valence-electron chi connectivity index (χ1n) is 4.48. The Kier molecular flexibility index (Phi) is 2.03. The topological polar surface area (TPSA) is 43.4 Å². The average molecular weight is 212 g/mol. The molecule has 0 aromatic heterocycles. The number of ether oxygens (including phenoxy) is 1. The fourth-order valence-electron chi connectivity index (χ4n) is 1.55. The zero-order valence-corrected chi connectivity index (χ0v) is 9.02. The first-order chi connectivity index (χ1) is 6.52. The van der Waals surface area contributed by atoms with Gasteiger partial charge < -0.3 is 4.74 Å². The lowest BCUT2D eigenvalue weighted by Gasteiger charge is -2.20. The summed E-state index contributed by atoms with van der Waals surface area (Å²) in [6.45, 7) is 4.09. The van der Waals surface area contributed by atoms with Crippen LogP contribution in [-0.2, 0) is 9.84 Å². The number of fused-ring (bicyclic) bond motifs is 1. The van der Waals surface area contributed by atoms with Gasteiger partial charge in [0.1, 0.15) is 17.3 Å². The molecule has 2 rings (SSSR count). The highest BCUT2D eigenvalue weighted by Crippen LogP contribution is 2.33. The van der Waals surface area contributed by atoms with Crippen molar-refractivity contribution in [2.24, 2.45) is 0 Å². The molecular weight excluding hydrogens is 200 g/mol. The standard InChI is InChI=1S/C10H12O3S/c1-7-3-4-9-10(8(7)2)13-5-6-14(9,11)12/h3-4H,5-6H2,1-2H3. The lowest BCUT2D eigenvalue weighted by Crippen LogP contribution is -2.21. The summed E-state index contributed by atoms with van der Waals surface area (Å²) < 4.78 is 28.7. The van der Waals surface area contributed by atoms with Gasteiger partial charge in [-0.1, -0.05) is 6.07 Å². The Morgan fingerprint density at radius 2 is 2.00 bits per heavy atom. The number of hydrogen-bond donors (Lipinski definition) is 0. The van der Waals surface area contributed by atoms with Gasteiger partial charge in [-0.2, -0.15) is 0 Å². The predicted molar refractivity (Wildman–Crippen MR) is 53.5 cm³/mol. The van der Waals surface area contributed by atoms with Crippen molar-refractivity contribution in [1.82, 2.24) is 0 Å². The van der Waals surface area contributed by atoms with Crippen LogP contribution in [-0.4, -0.2) is 20.8 Å². The van der Waals surface area contributed by atoms with Crippen LogP contribution in [0.25, 0.3) is 0 Å². The Balaban J connectivity index is 2.75. The van der Waals surface area contributed by atoms with Gasteiger partial charge >= 0.3 is 0 Å². The lowest BCUT2D eigenvalue weighted by atomic mass is 10.1. The Morgan fingerprint density at radius 3 is 2.71 bits per heavy atom. The fourth-order valence-corrected chi connectivity index (χ4v) is 2.85. The average Bonchev–Trinajstić information content (AvgIpc) is 2.11. The normalized spacial score (nSPS) is 18.4. The van der Waals surface area contributed by atoms with Crippen LogP contribution in [0.1, 0.15) is 11.1 Å². The molecule has 0 spiro atoms. The molecule has 0 saturated heterocycles. The molecule has 0 saturated carbocycles. The molecule has 1 aromatic rings. The largest absolute Gasteiger partial charge is 0.491 e. The molecular formula is C10H12O3S. The first-order valence-corrected chi connectivity index (χ1v) is 6.13. The summed E-state index contributed by atoms with van der Waals surface area (Å²) in [5.74, 6) is 0.624. The van der Waals surface area contributed by atoms with Crippen molar-refractivity contribution >= 4 is 9.84 Å². The molecule has 0 N–H and O–H groups in total. The second kappa shape index (κ2) is 2.98. The van der Waals surface area contributed by atoms with Crippen molar-refractivity contribution in [3.63, 3.8) is 0 Å². The van der Waals surface area contributed by atoms with Crippen LogP contribution in [0, 0.1) is 13.8 Å². The molecule has 0 radical (unpaired) electrons. The van der Waals surface area contributed by atoms with Gasteiger partial charge in [-0.05, 0) is 31.0 Å². The van der Waals surface area contributed by atoms with Gasteiger partial charge in [-0.3, -0.25) is 0 Å². The highest BCUT2D eigenvalue weighted by atomic mass is 32.2. The molecule has 1 aliphatic heterocycles. The van der Waals surface area contributed by atoms with Gasteiger partial charge in [0.15, 0.2) is 9.84 Å². The summed E-state index contributed by atoms with van der Waals surface area (Å²) in [5, 5.41) is 0. The van der Waals surface area contributed by atoms with E-state index < -0.39 is 9.84 Å². The summed E-state index contributed by atoms with van der Waals surface area (Å²) in [7, 11) is -3.11. The number of rotatable bonds is 0. The van der Waals surface area contributed by atoms with Crippen molar-refractivity contribution in [1.29, 1.82) is 0 Å². The van der Waals surface area contributed by atoms with Crippen LogP contribution in [0.15, 0.2) is 17.0 Å². The van der Waals surface area contributed by atoms with Crippen LogP contribution in [0.5, 0.6) is 5.75 Å². The molecule has 1 aliphatic rings. The number of hydrogen-bond acceptors (Lipinski definition) is 3. The van der Waals surface area contributed by atoms with E-state index >= 15 is 0 Å². The van der Waals surface area contributed by atoms with E-state index in [4.69, 9.17) is 4.74 Å². The van der Waals surface area contributed by atoms with Crippen LogP contribution < -0.4 is 4.74 Å². The van der Waals surface area contributed by atoms with Gasteiger partial charge in [0, 0.05) is 0 Å². The highest BCUT2D eigenvalue weighted by Gasteiger charge is 2.26. The Hall–Kier alpha value is -1.03. The van der Waals surface area contributed by atoms with Gasteiger partial charge in [-0.15, -0.1) is 0 Å². The van der Waals surface area contributed by atoms with Crippen LogP contribution >= 0.6 is 0 Å². The molecule has 14 heavy (non-hydrogen) atoms. The summed E-state index contributed by atoms with van der Waals surface area (Å²) in [4.78, 5) is 0.340. The minimum absolute atomic E-state index is 0.0858. The molecule has 0 aliphatic carbocycles. The summed E-state index contributed by atoms with van der Waals surface area (Å²) >= 11 is 0.